The van der Waals surface area contributed by atoms with E-state index in [4.69, 9.17) is 0 Å². The molecule has 0 aliphatic heterocycles. The van der Waals surface area contributed by atoms with Crippen LogP contribution < -0.4 is 0 Å². The summed E-state index contributed by atoms with van der Waals surface area (Å²) in [6.45, 7) is 0. The molecule has 10 heavy (non-hydrogen) atoms. The molecule has 0 aromatic heterocycles. The minimum absolute atomic E-state index is 0.415. The van der Waals surface area contributed by atoms with Gasteiger partial charge in [-0.2, -0.15) is 50.5 Å². The van der Waals surface area contributed by atoms with Crippen LogP contribution in [0.15, 0.2) is 0 Å². The van der Waals surface area contributed by atoms with Crippen molar-refractivity contribution in [2.45, 2.75) is 23.3 Å². The Hall–Kier alpha value is 1.40. The van der Waals surface area contributed by atoms with Crippen molar-refractivity contribution in [3.8, 4) is 0 Å². The Labute approximate surface area is 85.2 Å². The number of hydrogen-bond donors (Lipinski definition) is 4. The summed E-state index contributed by atoms with van der Waals surface area (Å²) in [6.07, 6.45) is 2.17. The van der Waals surface area contributed by atoms with E-state index in [1.807, 2.05) is 0 Å². The zero-order valence-electron chi connectivity index (χ0n) is 5.77. The maximum Gasteiger partial charge on any atom is 0.0105 e. The Bertz CT molecular complexity index is 66.1. The van der Waals surface area contributed by atoms with Crippen LogP contribution >= 0.6 is 50.5 Å². The van der Waals surface area contributed by atoms with E-state index in [2.05, 4.69) is 50.5 Å². The highest BCUT2D eigenvalue weighted by Gasteiger charge is 2.04. The quantitative estimate of drug-likeness (QED) is 0.496. The second-order valence-corrected chi connectivity index (χ2v) is 4.44. The molecule has 4 heteroatoms. The smallest absolute Gasteiger partial charge is 0.0105 e. The molecule has 0 rings (SSSR count). The Morgan fingerprint density at radius 1 is 0.800 bits per heavy atom. The van der Waals surface area contributed by atoms with Gasteiger partial charge in [0, 0.05) is 22.0 Å². The monoisotopic (exact) mass is 214 g/mol. The van der Waals surface area contributed by atoms with Crippen molar-refractivity contribution in [3.63, 3.8) is 0 Å². The van der Waals surface area contributed by atoms with E-state index in [9.17, 15) is 0 Å². The number of rotatable bonds is 5. The zero-order valence-corrected chi connectivity index (χ0v) is 9.35. The first-order valence-electron chi connectivity index (χ1n) is 3.28. The number of hydrogen-bond acceptors (Lipinski definition) is 4. The molecule has 0 nitrogen and oxygen atoms in total. The fourth-order valence-electron chi connectivity index (χ4n) is 0.567. The summed E-state index contributed by atoms with van der Waals surface area (Å²) in [5.74, 6) is 1.69. The lowest BCUT2D eigenvalue weighted by Crippen LogP contribution is -2.07. The molecule has 2 atom stereocenters. The molecular formula is C6H14S4. The van der Waals surface area contributed by atoms with Crippen LogP contribution in [-0.2, 0) is 0 Å². The minimum Gasteiger partial charge on any atom is -0.178 e. The average Bonchev–Trinajstić information content (AvgIpc) is 1.99. The summed E-state index contributed by atoms with van der Waals surface area (Å²) in [7, 11) is 0. The summed E-state index contributed by atoms with van der Waals surface area (Å²) < 4.78 is 0. The topological polar surface area (TPSA) is 0 Å². The molecule has 0 aromatic rings. The first kappa shape index (κ1) is 11.4. The van der Waals surface area contributed by atoms with Gasteiger partial charge in [-0.05, 0) is 12.8 Å². The van der Waals surface area contributed by atoms with Gasteiger partial charge in [-0.25, -0.2) is 0 Å². The third kappa shape index (κ3) is 6.13. The van der Waals surface area contributed by atoms with Gasteiger partial charge in [-0.15, -0.1) is 0 Å². The van der Waals surface area contributed by atoms with Crippen LogP contribution in [0, 0.1) is 0 Å². The molecule has 0 fully saturated rings. The first-order chi connectivity index (χ1) is 4.70. The SMILES string of the molecule is SCC(S)CCC(S)CS. The molecule has 0 spiro atoms. The van der Waals surface area contributed by atoms with Crippen LogP contribution in [0.1, 0.15) is 12.8 Å². The van der Waals surface area contributed by atoms with Gasteiger partial charge in [0.25, 0.3) is 0 Å². The highest BCUT2D eigenvalue weighted by molar-refractivity contribution is 7.85. The van der Waals surface area contributed by atoms with Gasteiger partial charge >= 0.3 is 0 Å². The van der Waals surface area contributed by atoms with E-state index < -0.39 is 0 Å². The van der Waals surface area contributed by atoms with Crippen molar-refractivity contribution in [2.24, 2.45) is 0 Å². The van der Waals surface area contributed by atoms with Gasteiger partial charge in [0.2, 0.25) is 0 Å². The molecule has 0 aliphatic carbocycles. The van der Waals surface area contributed by atoms with Crippen LogP contribution in [0.4, 0.5) is 0 Å². The minimum atomic E-state index is 0.415. The fourth-order valence-corrected chi connectivity index (χ4v) is 1.23. The van der Waals surface area contributed by atoms with E-state index in [0.29, 0.717) is 10.5 Å². The lowest BCUT2D eigenvalue weighted by Gasteiger charge is -2.09. The molecule has 0 bridgehead atoms. The molecule has 0 saturated heterocycles. The fraction of sp³-hybridized carbons (Fsp3) is 1.00. The Balaban J connectivity index is 3.17. The van der Waals surface area contributed by atoms with E-state index in [1.165, 1.54) is 0 Å². The van der Waals surface area contributed by atoms with Crippen LogP contribution in [-0.4, -0.2) is 22.0 Å². The van der Waals surface area contributed by atoms with Gasteiger partial charge in [0.05, 0.1) is 0 Å². The summed E-state index contributed by atoms with van der Waals surface area (Å²) in [5.41, 5.74) is 0. The van der Waals surface area contributed by atoms with Gasteiger partial charge in [0.15, 0.2) is 0 Å². The van der Waals surface area contributed by atoms with Crippen molar-refractivity contribution in [1.29, 1.82) is 0 Å². The molecular weight excluding hydrogens is 200 g/mol. The molecule has 0 heterocycles. The molecule has 0 saturated carbocycles. The molecule has 0 aliphatic rings. The highest BCUT2D eigenvalue weighted by atomic mass is 32.1. The van der Waals surface area contributed by atoms with Crippen LogP contribution in [0.2, 0.25) is 0 Å². The van der Waals surface area contributed by atoms with Crippen molar-refractivity contribution < 1.29 is 0 Å². The van der Waals surface area contributed by atoms with Crippen molar-refractivity contribution >= 4 is 50.5 Å². The Morgan fingerprint density at radius 3 is 1.30 bits per heavy atom. The van der Waals surface area contributed by atoms with Crippen LogP contribution in [0.3, 0.4) is 0 Å². The van der Waals surface area contributed by atoms with Gasteiger partial charge in [0.1, 0.15) is 0 Å². The second-order valence-electron chi connectivity index (χ2n) is 2.25. The molecule has 0 aromatic carbocycles. The van der Waals surface area contributed by atoms with Gasteiger partial charge in [-0.1, -0.05) is 0 Å². The predicted molar refractivity (Wildman–Crippen MR) is 62.5 cm³/mol. The molecule has 2 unspecified atom stereocenters. The first-order valence-corrected chi connectivity index (χ1v) is 5.58. The molecule has 0 radical (unpaired) electrons. The van der Waals surface area contributed by atoms with Crippen molar-refractivity contribution in [2.75, 3.05) is 11.5 Å². The zero-order chi connectivity index (χ0) is 7.98. The van der Waals surface area contributed by atoms with Crippen molar-refractivity contribution in [3.05, 3.63) is 0 Å². The standard InChI is InChI=1S/C6H14S4/c7-3-5(9)1-2-6(10)4-8/h5-10H,1-4H2. The molecule has 0 N–H and O–H groups in total. The van der Waals surface area contributed by atoms with E-state index in [1.54, 1.807) is 0 Å². The lowest BCUT2D eigenvalue weighted by molar-refractivity contribution is 0.741. The predicted octanol–water partition coefficient (Wildman–Crippen LogP) is 2.22. The maximum absolute atomic E-state index is 4.31. The van der Waals surface area contributed by atoms with Crippen LogP contribution in [0.5, 0.6) is 0 Å². The third-order valence-electron chi connectivity index (χ3n) is 1.25. The summed E-state index contributed by atoms with van der Waals surface area (Å²) in [6, 6.07) is 0. The Morgan fingerprint density at radius 2 is 1.10 bits per heavy atom. The van der Waals surface area contributed by atoms with E-state index >= 15 is 0 Å². The molecule has 0 amide bonds. The summed E-state index contributed by atoms with van der Waals surface area (Å²) >= 11 is 16.9. The highest BCUT2D eigenvalue weighted by Crippen LogP contribution is 2.12. The second kappa shape index (κ2) is 7.07. The molecule has 62 valence electrons. The van der Waals surface area contributed by atoms with Crippen LogP contribution in [0.25, 0.3) is 0 Å². The normalized spacial score (nSPS) is 16.8. The van der Waals surface area contributed by atoms with Crippen molar-refractivity contribution in [1.82, 2.24) is 0 Å². The Kier molecular flexibility index (Phi) is 8.06. The third-order valence-corrected chi connectivity index (χ3v) is 3.59. The largest absolute Gasteiger partial charge is 0.178 e. The lowest BCUT2D eigenvalue weighted by atomic mass is 10.2. The van der Waals surface area contributed by atoms with Gasteiger partial charge in [-0.3, -0.25) is 0 Å². The van der Waals surface area contributed by atoms with E-state index in [-0.39, 0.29) is 0 Å². The van der Waals surface area contributed by atoms with Gasteiger partial charge < -0.3 is 0 Å². The maximum atomic E-state index is 4.31. The average molecular weight is 214 g/mol. The summed E-state index contributed by atoms with van der Waals surface area (Å²) in [5, 5.41) is 0.829. The summed E-state index contributed by atoms with van der Waals surface area (Å²) in [4.78, 5) is 0. The number of thiol groups is 4. The van der Waals surface area contributed by atoms with E-state index in [0.717, 1.165) is 24.3 Å².